The molecule has 0 radical (unpaired) electrons. The van der Waals surface area contributed by atoms with E-state index in [-0.39, 0.29) is 11.6 Å². The summed E-state index contributed by atoms with van der Waals surface area (Å²) in [5.74, 6) is -3.14. The third kappa shape index (κ3) is 3.88. The molecule has 3 aliphatic heterocycles. The lowest BCUT2D eigenvalue weighted by molar-refractivity contribution is -0.123. The van der Waals surface area contributed by atoms with Gasteiger partial charge in [0.05, 0.1) is 23.6 Å². The van der Waals surface area contributed by atoms with Gasteiger partial charge in [-0.3, -0.25) is 19.2 Å². The standard InChI is InChI=1S/C30H20Cl2N2O4/c31-20-8-6-18(7-9-20)28(36)26-25-24(29(37)34(30(25)38)22-12-10-21(32)11-13-22)23-16-19(14-15-33(23)26)27(35)17-4-2-1-3-5-17/h1-16,23-26H/t23-,24-,25-,26+/m1/s1. The maximum atomic E-state index is 13.8. The fraction of sp³-hybridized carbons (Fsp3) is 0.133. The Bertz CT molecular complexity index is 1530. The van der Waals surface area contributed by atoms with Gasteiger partial charge in [0.2, 0.25) is 11.8 Å². The van der Waals surface area contributed by atoms with Crippen LogP contribution >= 0.6 is 23.2 Å². The van der Waals surface area contributed by atoms with Crippen molar-refractivity contribution in [3.8, 4) is 0 Å². The maximum Gasteiger partial charge on any atom is 0.240 e. The molecule has 6 rings (SSSR count). The number of carbonyl (C=O) groups excluding carboxylic acids is 4. The number of ketones is 2. The first kappa shape index (κ1) is 24.3. The monoisotopic (exact) mass is 542 g/mol. The maximum absolute atomic E-state index is 13.8. The Morgan fingerprint density at radius 3 is 1.97 bits per heavy atom. The zero-order valence-corrected chi connectivity index (χ0v) is 21.3. The second-order valence-electron chi connectivity index (χ2n) is 9.43. The predicted octanol–water partition coefficient (Wildman–Crippen LogP) is 5.37. The Hall–Kier alpha value is -4.00. The number of allylic oxidation sites excluding steroid dienone is 2. The molecule has 38 heavy (non-hydrogen) atoms. The minimum atomic E-state index is -0.932. The fourth-order valence-corrected chi connectivity index (χ4v) is 5.84. The van der Waals surface area contributed by atoms with Gasteiger partial charge in [0.15, 0.2) is 11.6 Å². The molecule has 0 spiro atoms. The highest BCUT2D eigenvalue weighted by atomic mass is 35.5. The van der Waals surface area contributed by atoms with Gasteiger partial charge in [-0.15, -0.1) is 0 Å². The van der Waals surface area contributed by atoms with Gasteiger partial charge >= 0.3 is 0 Å². The van der Waals surface area contributed by atoms with Crippen molar-refractivity contribution in [2.45, 2.75) is 12.1 Å². The molecule has 4 atom stereocenters. The van der Waals surface area contributed by atoms with E-state index in [2.05, 4.69) is 0 Å². The lowest BCUT2D eigenvalue weighted by Gasteiger charge is -2.32. The van der Waals surface area contributed by atoms with E-state index in [4.69, 9.17) is 23.2 Å². The third-order valence-electron chi connectivity index (χ3n) is 7.33. The summed E-state index contributed by atoms with van der Waals surface area (Å²) in [6.07, 6.45) is 5.00. The van der Waals surface area contributed by atoms with Crippen LogP contribution in [0.1, 0.15) is 20.7 Å². The Balaban J connectivity index is 1.43. The second-order valence-corrected chi connectivity index (χ2v) is 10.3. The molecule has 0 aromatic heterocycles. The minimum absolute atomic E-state index is 0.197. The third-order valence-corrected chi connectivity index (χ3v) is 7.83. The summed E-state index contributed by atoms with van der Waals surface area (Å²) in [7, 11) is 0. The van der Waals surface area contributed by atoms with Gasteiger partial charge in [0.25, 0.3) is 0 Å². The number of rotatable bonds is 5. The summed E-state index contributed by atoms with van der Waals surface area (Å²) in [5.41, 5.74) is 1.68. The first-order valence-corrected chi connectivity index (χ1v) is 12.8. The minimum Gasteiger partial charge on any atom is -0.359 e. The summed E-state index contributed by atoms with van der Waals surface area (Å²) in [6.45, 7) is 0. The lowest BCUT2D eigenvalue weighted by Crippen LogP contribution is -2.46. The fourth-order valence-electron chi connectivity index (χ4n) is 5.58. The number of Topliss-reactive ketones (excluding diaryl/α,β-unsaturated/α-hetero) is 2. The first-order chi connectivity index (χ1) is 18.3. The van der Waals surface area contributed by atoms with Crippen LogP contribution in [0.3, 0.4) is 0 Å². The molecule has 6 nitrogen and oxygen atoms in total. The number of nitrogens with zero attached hydrogens (tertiary/aromatic N) is 2. The van der Waals surface area contributed by atoms with Gasteiger partial charge in [-0.1, -0.05) is 59.6 Å². The number of anilines is 1. The van der Waals surface area contributed by atoms with Crippen LogP contribution < -0.4 is 4.90 Å². The number of fused-ring (bicyclic) bond motifs is 3. The Labute approximate surface area is 228 Å². The highest BCUT2D eigenvalue weighted by Crippen LogP contribution is 2.47. The first-order valence-electron chi connectivity index (χ1n) is 12.1. The molecule has 0 N–H and O–H groups in total. The van der Waals surface area contributed by atoms with Crippen molar-refractivity contribution in [2.75, 3.05) is 4.90 Å². The molecule has 3 aromatic carbocycles. The van der Waals surface area contributed by atoms with Crippen LogP contribution in [0.5, 0.6) is 0 Å². The molecule has 0 unspecified atom stereocenters. The molecular weight excluding hydrogens is 523 g/mol. The van der Waals surface area contributed by atoms with Crippen LogP contribution in [0.4, 0.5) is 5.69 Å². The summed E-state index contributed by atoms with van der Waals surface area (Å²) >= 11 is 12.0. The van der Waals surface area contributed by atoms with E-state index in [0.717, 1.165) is 4.90 Å². The molecule has 3 heterocycles. The SMILES string of the molecule is O=C(C1=C[C@@H]2[C@H]3C(=O)N(c4ccc(Cl)cc4)C(=O)[C@H]3[C@@H](C(=O)c3ccc(Cl)cc3)N2C=C1)c1ccccc1. The van der Waals surface area contributed by atoms with Gasteiger partial charge < -0.3 is 4.90 Å². The van der Waals surface area contributed by atoms with Crippen LogP contribution in [-0.4, -0.2) is 40.4 Å². The van der Waals surface area contributed by atoms with E-state index >= 15 is 0 Å². The van der Waals surface area contributed by atoms with Gasteiger partial charge in [-0.25, -0.2) is 4.90 Å². The van der Waals surface area contributed by atoms with Crippen LogP contribution in [0.2, 0.25) is 10.0 Å². The molecule has 188 valence electrons. The Kier molecular flexibility index (Phi) is 6.01. The van der Waals surface area contributed by atoms with Crippen LogP contribution in [0.15, 0.2) is 103 Å². The predicted molar refractivity (Wildman–Crippen MR) is 144 cm³/mol. The van der Waals surface area contributed by atoms with E-state index in [0.29, 0.717) is 32.4 Å². The van der Waals surface area contributed by atoms with Crippen molar-refractivity contribution in [3.05, 3.63) is 124 Å². The molecular formula is C30H20Cl2N2O4. The lowest BCUT2D eigenvalue weighted by atomic mass is 9.85. The topological polar surface area (TPSA) is 74.8 Å². The van der Waals surface area contributed by atoms with Crippen molar-refractivity contribution in [2.24, 2.45) is 11.8 Å². The van der Waals surface area contributed by atoms with Crippen molar-refractivity contribution < 1.29 is 19.2 Å². The van der Waals surface area contributed by atoms with Crippen molar-refractivity contribution >= 4 is 52.3 Å². The van der Waals surface area contributed by atoms with E-state index in [1.807, 2.05) is 6.07 Å². The van der Waals surface area contributed by atoms with Crippen molar-refractivity contribution in [3.63, 3.8) is 0 Å². The Morgan fingerprint density at radius 2 is 1.32 bits per heavy atom. The molecule has 8 heteroatoms. The van der Waals surface area contributed by atoms with Crippen LogP contribution in [0.25, 0.3) is 0 Å². The molecule has 0 aliphatic carbocycles. The second kappa shape index (κ2) is 9.39. The number of hydrogen-bond acceptors (Lipinski definition) is 5. The van der Waals surface area contributed by atoms with Gasteiger partial charge in [-0.05, 0) is 54.6 Å². The zero-order valence-electron chi connectivity index (χ0n) is 19.8. The summed E-state index contributed by atoms with van der Waals surface area (Å²) < 4.78 is 0. The van der Waals surface area contributed by atoms with Crippen LogP contribution in [0, 0.1) is 11.8 Å². The number of carbonyl (C=O) groups is 4. The van der Waals surface area contributed by atoms with E-state index in [1.54, 1.807) is 96.0 Å². The van der Waals surface area contributed by atoms with E-state index in [1.165, 1.54) is 0 Å². The molecule has 3 aromatic rings. The van der Waals surface area contributed by atoms with Crippen molar-refractivity contribution in [1.82, 2.24) is 4.90 Å². The summed E-state index contributed by atoms with van der Waals surface area (Å²) in [6, 6.07) is 20.1. The van der Waals surface area contributed by atoms with Crippen molar-refractivity contribution in [1.29, 1.82) is 0 Å². The molecule has 3 aliphatic rings. The molecule has 0 bridgehead atoms. The number of halogens is 2. The highest BCUT2D eigenvalue weighted by Gasteiger charge is 2.63. The van der Waals surface area contributed by atoms with E-state index < -0.39 is 35.7 Å². The average molecular weight is 543 g/mol. The van der Waals surface area contributed by atoms with Crippen LogP contribution in [-0.2, 0) is 9.59 Å². The number of hydrogen-bond donors (Lipinski definition) is 0. The van der Waals surface area contributed by atoms with E-state index in [9.17, 15) is 19.2 Å². The average Bonchev–Trinajstić information content (AvgIpc) is 3.41. The highest BCUT2D eigenvalue weighted by molar-refractivity contribution is 6.31. The number of benzene rings is 3. The summed E-state index contributed by atoms with van der Waals surface area (Å²) in [5, 5.41) is 0.953. The molecule has 2 saturated heterocycles. The normalized spacial score (nSPS) is 23.8. The molecule has 2 amide bonds. The van der Waals surface area contributed by atoms with Gasteiger partial charge in [0.1, 0.15) is 6.04 Å². The number of imide groups is 1. The quantitative estimate of drug-likeness (QED) is 0.320. The van der Waals surface area contributed by atoms with Gasteiger partial charge in [0, 0.05) is 32.9 Å². The Morgan fingerprint density at radius 1 is 0.711 bits per heavy atom. The molecule has 0 saturated carbocycles. The van der Waals surface area contributed by atoms with Gasteiger partial charge in [-0.2, -0.15) is 0 Å². The zero-order chi connectivity index (χ0) is 26.6. The smallest absolute Gasteiger partial charge is 0.240 e. The largest absolute Gasteiger partial charge is 0.359 e. The summed E-state index contributed by atoms with van der Waals surface area (Å²) in [4.78, 5) is 57.6. The molecule has 2 fully saturated rings. The number of amides is 2.